The van der Waals surface area contributed by atoms with Gasteiger partial charge in [0.2, 0.25) is 17.6 Å². The van der Waals surface area contributed by atoms with Crippen molar-refractivity contribution in [2.45, 2.75) is 26.4 Å². The fraction of sp³-hybridized carbons (Fsp3) is 0.172. The molecule has 0 unspecified atom stereocenters. The van der Waals surface area contributed by atoms with E-state index in [2.05, 4.69) is 15.1 Å². The Labute approximate surface area is 236 Å². The standard InChI is InChI=1S/C29H23F3N6O4/c1-15-9-25(41-23-6-3-2-5-18(23)30)34-14-22(15)38-28(33)17(13-35-38)27(40)20-10-16-11-24(42-29(31)32)21(12-19(16)36-20)37-8-4-7-26(37)39/h2-3,5-6,9-14,29,36H,4,7-8,33H2,1H3. The van der Waals surface area contributed by atoms with E-state index in [1.54, 1.807) is 25.1 Å². The van der Waals surface area contributed by atoms with Crippen LogP contribution in [-0.2, 0) is 4.79 Å². The van der Waals surface area contributed by atoms with Crippen LogP contribution in [0.15, 0.2) is 60.9 Å². The number of nitrogens with two attached hydrogens (primary N) is 1. The van der Waals surface area contributed by atoms with Gasteiger partial charge in [-0.3, -0.25) is 9.59 Å². The van der Waals surface area contributed by atoms with Crippen molar-refractivity contribution in [3.05, 3.63) is 83.6 Å². The molecular formula is C29H23F3N6O4. The molecule has 2 aromatic carbocycles. The molecule has 3 N–H and O–H groups in total. The number of hydrogen-bond acceptors (Lipinski definition) is 7. The minimum Gasteiger partial charge on any atom is -0.436 e. The fourth-order valence-electron chi connectivity index (χ4n) is 4.89. The van der Waals surface area contributed by atoms with Crippen molar-refractivity contribution in [1.29, 1.82) is 0 Å². The molecule has 10 nitrogen and oxygen atoms in total. The van der Waals surface area contributed by atoms with Crippen LogP contribution in [0.3, 0.4) is 0 Å². The quantitative estimate of drug-likeness (QED) is 0.233. The van der Waals surface area contributed by atoms with E-state index < -0.39 is 18.2 Å². The van der Waals surface area contributed by atoms with Crippen molar-refractivity contribution >= 4 is 34.1 Å². The largest absolute Gasteiger partial charge is 0.436 e. The SMILES string of the molecule is Cc1cc(Oc2ccccc2F)ncc1-n1ncc(C(=O)c2cc3cc(OC(F)F)c(N4CCCC4=O)cc3[nH]2)c1N. The number of halogens is 3. The Morgan fingerprint density at radius 1 is 1.10 bits per heavy atom. The number of aromatic nitrogens is 4. The van der Waals surface area contributed by atoms with Crippen LogP contribution >= 0.6 is 0 Å². The summed E-state index contributed by atoms with van der Waals surface area (Å²) in [5.41, 5.74) is 8.31. The van der Waals surface area contributed by atoms with Crippen molar-refractivity contribution in [3.63, 3.8) is 0 Å². The second kappa shape index (κ2) is 10.6. The predicted molar refractivity (Wildman–Crippen MR) is 147 cm³/mol. The van der Waals surface area contributed by atoms with Gasteiger partial charge in [0.1, 0.15) is 5.82 Å². The van der Waals surface area contributed by atoms with Crippen LogP contribution in [-0.4, -0.2) is 44.6 Å². The van der Waals surface area contributed by atoms with Gasteiger partial charge in [-0.2, -0.15) is 13.9 Å². The number of para-hydroxylation sites is 1. The van der Waals surface area contributed by atoms with Gasteiger partial charge in [0.15, 0.2) is 17.3 Å². The van der Waals surface area contributed by atoms with Gasteiger partial charge in [0, 0.05) is 29.9 Å². The number of carbonyl (C=O) groups is 2. The Morgan fingerprint density at radius 3 is 2.62 bits per heavy atom. The summed E-state index contributed by atoms with van der Waals surface area (Å²) in [6, 6.07) is 11.9. The van der Waals surface area contributed by atoms with E-state index in [1.807, 2.05) is 0 Å². The highest BCUT2D eigenvalue weighted by molar-refractivity contribution is 6.13. The van der Waals surface area contributed by atoms with Gasteiger partial charge in [-0.1, -0.05) is 12.1 Å². The number of fused-ring (bicyclic) bond motifs is 1. The summed E-state index contributed by atoms with van der Waals surface area (Å²) in [7, 11) is 0. The molecule has 1 fully saturated rings. The molecule has 6 rings (SSSR count). The maximum atomic E-state index is 14.0. The molecule has 4 heterocycles. The number of aromatic amines is 1. The van der Waals surface area contributed by atoms with Crippen molar-refractivity contribution in [1.82, 2.24) is 19.7 Å². The third-order valence-corrected chi connectivity index (χ3v) is 6.91. The van der Waals surface area contributed by atoms with E-state index in [4.69, 9.17) is 15.2 Å². The lowest BCUT2D eigenvalue weighted by Gasteiger charge is -2.19. The maximum absolute atomic E-state index is 14.0. The summed E-state index contributed by atoms with van der Waals surface area (Å²) < 4.78 is 51.9. The number of ether oxygens (including phenoxy) is 2. The zero-order valence-corrected chi connectivity index (χ0v) is 22.1. The monoisotopic (exact) mass is 576 g/mol. The Bertz CT molecular complexity index is 1850. The van der Waals surface area contributed by atoms with Crippen molar-refractivity contribution < 1.29 is 32.2 Å². The van der Waals surface area contributed by atoms with Gasteiger partial charge in [-0.05, 0) is 49.2 Å². The first-order valence-corrected chi connectivity index (χ1v) is 12.9. The number of rotatable bonds is 8. The van der Waals surface area contributed by atoms with Crippen LogP contribution < -0.4 is 20.1 Å². The lowest BCUT2D eigenvalue weighted by atomic mass is 10.1. The molecule has 13 heteroatoms. The second-order valence-electron chi connectivity index (χ2n) is 9.64. The van der Waals surface area contributed by atoms with E-state index in [0.29, 0.717) is 41.5 Å². The summed E-state index contributed by atoms with van der Waals surface area (Å²) in [4.78, 5) is 34.4. The van der Waals surface area contributed by atoms with Crippen LogP contribution in [0.5, 0.6) is 17.4 Å². The first kappa shape index (κ1) is 26.9. The number of hydrogen-bond donors (Lipinski definition) is 2. The molecule has 1 amide bonds. The molecule has 1 aliphatic heterocycles. The second-order valence-corrected chi connectivity index (χ2v) is 9.64. The lowest BCUT2D eigenvalue weighted by Crippen LogP contribution is -2.24. The number of H-pyrrole nitrogens is 1. The number of amides is 1. The number of ketones is 1. The predicted octanol–water partition coefficient (Wildman–Crippen LogP) is 5.53. The number of carbonyl (C=O) groups excluding carboxylic acids is 2. The zero-order valence-electron chi connectivity index (χ0n) is 22.1. The molecule has 0 atom stereocenters. The summed E-state index contributed by atoms with van der Waals surface area (Å²) >= 11 is 0. The number of nitrogens with one attached hydrogen (secondary N) is 1. The summed E-state index contributed by atoms with van der Waals surface area (Å²) in [6.45, 7) is -0.966. The van der Waals surface area contributed by atoms with Crippen molar-refractivity contribution in [2.24, 2.45) is 0 Å². The van der Waals surface area contributed by atoms with E-state index in [0.717, 1.165) is 0 Å². The molecule has 0 bridgehead atoms. The molecule has 1 aliphatic rings. The zero-order chi connectivity index (χ0) is 29.5. The van der Waals surface area contributed by atoms with Crippen LogP contribution in [0.2, 0.25) is 0 Å². The normalized spacial score (nSPS) is 13.4. The molecular weight excluding hydrogens is 553 g/mol. The highest BCUT2D eigenvalue weighted by atomic mass is 19.3. The van der Waals surface area contributed by atoms with E-state index >= 15 is 0 Å². The van der Waals surface area contributed by atoms with Crippen LogP contribution in [0.4, 0.5) is 24.7 Å². The van der Waals surface area contributed by atoms with Crippen molar-refractivity contribution in [3.8, 4) is 23.1 Å². The van der Waals surface area contributed by atoms with E-state index in [1.165, 1.54) is 52.3 Å². The smallest absolute Gasteiger partial charge is 0.387 e. The van der Waals surface area contributed by atoms with Gasteiger partial charge in [0.05, 0.1) is 35.0 Å². The number of anilines is 2. The average Bonchev–Trinajstić information content (AvgIpc) is 3.67. The first-order chi connectivity index (χ1) is 20.2. The maximum Gasteiger partial charge on any atom is 0.387 e. The van der Waals surface area contributed by atoms with Gasteiger partial charge in [-0.25, -0.2) is 14.1 Å². The molecule has 42 heavy (non-hydrogen) atoms. The molecule has 0 aliphatic carbocycles. The molecule has 3 aromatic heterocycles. The Balaban J connectivity index is 1.30. The van der Waals surface area contributed by atoms with Gasteiger partial charge in [0.25, 0.3) is 0 Å². The Hall–Kier alpha value is -5.33. The van der Waals surface area contributed by atoms with Gasteiger partial charge < -0.3 is 25.1 Å². The molecule has 0 saturated carbocycles. The summed E-state index contributed by atoms with van der Waals surface area (Å²) in [5, 5.41) is 4.70. The molecule has 0 spiro atoms. The Kier molecular flexibility index (Phi) is 6.77. The summed E-state index contributed by atoms with van der Waals surface area (Å²) in [6.07, 6.45) is 3.66. The number of aryl methyl sites for hydroxylation is 1. The third-order valence-electron chi connectivity index (χ3n) is 6.91. The lowest BCUT2D eigenvalue weighted by molar-refractivity contribution is -0.117. The number of nitrogens with zero attached hydrogens (tertiary/aromatic N) is 4. The summed E-state index contributed by atoms with van der Waals surface area (Å²) in [5.74, 6) is -1.17. The minimum atomic E-state index is -3.09. The highest BCUT2D eigenvalue weighted by Gasteiger charge is 2.27. The highest BCUT2D eigenvalue weighted by Crippen LogP contribution is 2.37. The number of nitrogen functional groups attached to an aromatic ring is 1. The van der Waals surface area contributed by atoms with Crippen LogP contribution in [0, 0.1) is 12.7 Å². The van der Waals surface area contributed by atoms with Crippen LogP contribution in [0.1, 0.15) is 34.5 Å². The average molecular weight is 577 g/mol. The molecule has 5 aromatic rings. The minimum absolute atomic E-state index is 0.0222. The van der Waals surface area contributed by atoms with E-state index in [9.17, 15) is 22.8 Å². The molecule has 0 radical (unpaired) electrons. The number of pyridine rings is 1. The number of alkyl halides is 2. The molecule has 214 valence electrons. The van der Waals surface area contributed by atoms with E-state index in [-0.39, 0.29) is 46.0 Å². The van der Waals surface area contributed by atoms with Gasteiger partial charge in [-0.15, -0.1) is 0 Å². The molecule has 1 saturated heterocycles. The van der Waals surface area contributed by atoms with Gasteiger partial charge >= 0.3 is 6.61 Å². The first-order valence-electron chi connectivity index (χ1n) is 12.9. The third kappa shape index (κ3) is 4.89. The van der Waals surface area contributed by atoms with Crippen molar-refractivity contribution in [2.75, 3.05) is 17.2 Å². The van der Waals surface area contributed by atoms with Crippen LogP contribution in [0.25, 0.3) is 16.6 Å². The fourth-order valence-corrected chi connectivity index (χ4v) is 4.89. The Morgan fingerprint density at radius 2 is 1.90 bits per heavy atom. The topological polar surface area (TPSA) is 128 Å². The number of benzene rings is 2.